The van der Waals surface area contributed by atoms with E-state index in [-0.39, 0.29) is 6.10 Å². The van der Waals surface area contributed by atoms with E-state index in [0.717, 1.165) is 19.3 Å². The molecule has 14 heavy (non-hydrogen) atoms. The van der Waals surface area contributed by atoms with Gasteiger partial charge >= 0.3 is 0 Å². The van der Waals surface area contributed by atoms with Crippen LogP contribution >= 0.6 is 0 Å². The molecule has 3 heteroatoms. The van der Waals surface area contributed by atoms with Gasteiger partial charge in [-0.15, -0.1) is 0 Å². The summed E-state index contributed by atoms with van der Waals surface area (Å²) < 4.78 is 11.0. The predicted octanol–water partition coefficient (Wildman–Crippen LogP) is 2.33. The molecule has 86 valence electrons. The molecule has 1 aliphatic rings. The third-order valence-electron chi connectivity index (χ3n) is 2.30. The maximum Gasteiger partial charge on any atom is 0.168 e. The standard InChI is InChI=1S/C9H18O3.C2H6/c1-3-9(5-4-8(2)10)11-6-7-12-9;1-2/h8,10H,3-7H2,1-2H3;1-2H3. The molecule has 0 aromatic rings. The van der Waals surface area contributed by atoms with Gasteiger partial charge in [-0.1, -0.05) is 20.8 Å². The van der Waals surface area contributed by atoms with Gasteiger partial charge in [0.05, 0.1) is 19.3 Å². The summed E-state index contributed by atoms with van der Waals surface area (Å²) in [6.07, 6.45) is 2.13. The minimum Gasteiger partial charge on any atom is -0.393 e. The molecule has 1 aliphatic heterocycles. The topological polar surface area (TPSA) is 38.7 Å². The zero-order valence-corrected chi connectivity index (χ0v) is 9.88. The molecular weight excluding hydrogens is 180 g/mol. The fourth-order valence-corrected chi connectivity index (χ4v) is 1.45. The second-order valence-electron chi connectivity index (χ2n) is 3.35. The number of aliphatic hydroxyl groups excluding tert-OH is 1. The smallest absolute Gasteiger partial charge is 0.168 e. The molecule has 0 saturated carbocycles. The molecule has 0 aromatic carbocycles. The van der Waals surface area contributed by atoms with E-state index in [9.17, 15) is 0 Å². The highest BCUT2D eigenvalue weighted by Crippen LogP contribution is 2.28. The lowest BCUT2D eigenvalue weighted by Gasteiger charge is -2.26. The van der Waals surface area contributed by atoms with Gasteiger partial charge in [0.2, 0.25) is 0 Å². The van der Waals surface area contributed by atoms with E-state index >= 15 is 0 Å². The van der Waals surface area contributed by atoms with Crippen molar-refractivity contribution < 1.29 is 14.6 Å². The molecule has 1 saturated heterocycles. The molecular formula is C11H24O3. The van der Waals surface area contributed by atoms with Crippen LogP contribution in [0.1, 0.15) is 47.0 Å². The number of aliphatic hydroxyl groups is 1. The van der Waals surface area contributed by atoms with E-state index < -0.39 is 5.79 Å². The van der Waals surface area contributed by atoms with Crippen molar-refractivity contribution in [2.45, 2.75) is 58.8 Å². The van der Waals surface area contributed by atoms with Crippen LogP contribution in [0.3, 0.4) is 0 Å². The van der Waals surface area contributed by atoms with Crippen molar-refractivity contribution in [1.29, 1.82) is 0 Å². The zero-order valence-electron chi connectivity index (χ0n) is 9.88. The Hall–Kier alpha value is -0.120. The first-order valence-electron chi connectivity index (χ1n) is 5.64. The second-order valence-corrected chi connectivity index (χ2v) is 3.35. The Labute approximate surface area is 87.4 Å². The Kier molecular flexibility index (Phi) is 7.15. The maximum atomic E-state index is 9.11. The number of ether oxygens (including phenoxy) is 2. The SMILES string of the molecule is CC.CCC1(CCC(C)O)OCCO1. The molecule has 0 bridgehead atoms. The highest BCUT2D eigenvalue weighted by Gasteiger charge is 2.34. The molecule has 1 unspecified atom stereocenters. The molecule has 0 amide bonds. The fourth-order valence-electron chi connectivity index (χ4n) is 1.45. The molecule has 1 heterocycles. The summed E-state index contributed by atoms with van der Waals surface area (Å²) in [5.41, 5.74) is 0. The van der Waals surface area contributed by atoms with Crippen LogP contribution in [-0.4, -0.2) is 30.2 Å². The van der Waals surface area contributed by atoms with Crippen LogP contribution in [0.15, 0.2) is 0 Å². The molecule has 0 radical (unpaired) electrons. The summed E-state index contributed by atoms with van der Waals surface area (Å²) in [6.45, 7) is 9.22. The highest BCUT2D eigenvalue weighted by molar-refractivity contribution is 4.73. The molecule has 0 aliphatic carbocycles. The summed E-state index contributed by atoms with van der Waals surface area (Å²) in [5.74, 6) is -0.392. The number of hydrogen-bond donors (Lipinski definition) is 1. The van der Waals surface area contributed by atoms with Crippen LogP contribution in [0.25, 0.3) is 0 Å². The van der Waals surface area contributed by atoms with Crippen molar-refractivity contribution in [3.63, 3.8) is 0 Å². The van der Waals surface area contributed by atoms with E-state index in [1.54, 1.807) is 6.92 Å². The third kappa shape index (κ3) is 4.40. The first kappa shape index (κ1) is 13.9. The maximum absolute atomic E-state index is 9.11. The van der Waals surface area contributed by atoms with Gasteiger partial charge in [0.15, 0.2) is 5.79 Å². The van der Waals surface area contributed by atoms with Gasteiger partial charge in [-0.3, -0.25) is 0 Å². The van der Waals surface area contributed by atoms with Crippen molar-refractivity contribution in [3.05, 3.63) is 0 Å². The van der Waals surface area contributed by atoms with Crippen molar-refractivity contribution in [3.8, 4) is 0 Å². The van der Waals surface area contributed by atoms with E-state index in [2.05, 4.69) is 0 Å². The molecule has 0 aromatic heterocycles. The Morgan fingerprint density at radius 1 is 1.29 bits per heavy atom. The minimum absolute atomic E-state index is 0.263. The molecule has 1 rings (SSSR count). The van der Waals surface area contributed by atoms with Crippen molar-refractivity contribution in [1.82, 2.24) is 0 Å². The lowest BCUT2D eigenvalue weighted by atomic mass is 10.1. The van der Waals surface area contributed by atoms with Gasteiger partial charge in [0.1, 0.15) is 0 Å². The summed E-state index contributed by atoms with van der Waals surface area (Å²) in [4.78, 5) is 0. The first-order valence-corrected chi connectivity index (χ1v) is 5.64. The lowest BCUT2D eigenvalue weighted by molar-refractivity contribution is -0.167. The normalized spacial score (nSPS) is 21.2. The summed E-state index contributed by atoms with van der Waals surface area (Å²) in [5, 5.41) is 9.11. The van der Waals surface area contributed by atoms with Gasteiger partial charge in [0, 0.05) is 6.42 Å². The van der Waals surface area contributed by atoms with Crippen molar-refractivity contribution in [2.75, 3.05) is 13.2 Å². The van der Waals surface area contributed by atoms with E-state index in [1.807, 2.05) is 20.8 Å². The Morgan fingerprint density at radius 2 is 1.79 bits per heavy atom. The predicted molar refractivity (Wildman–Crippen MR) is 57.2 cm³/mol. The summed E-state index contributed by atoms with van der Waals surface area (Å²) >= 11 is 0. The third-order valence-corrected chi connectivity index (χ3v) is 2.30. The highest BCUT2D eigenvalue weighted by atomic mass is 16.7. The van der Waals surface area contributed by atoms with E-state index in [0.29, 0.717) is 13.2 Å². The van der Waals surface area contributed by atoms with Crippen molar-refractivity contribution in [2.24, 2.45) is 0 Å². The van der Waals surface area contributed by atoms with Crippen LogP contribution in [0, 0.1) is 0 Å². The monoisotopic (exact) mass is 204 g/mol. The van der Waals surface area contributed by atoms with Crippen LogP contribution in [0.5, 0.6) is 0 Å². The summed E-state index contributed by atoms with van der Waals surface area (Å²) in [7, 11) is 0. The largest absolute Gasteiger partial charge is 0.393 e. The average molecular weight is 204 g/mol. The average Bonchev–Trinajstić information content (AvgIpc) is 2.67. The van der Waals surface area contributed by atoms with Gasteiger partial charge in [0.25, 0.3) is 0 Å². The van der Waals surface area contributed by atoms with Crippen molar-refractivity contribution >= 4 is 0 Å². The Morgan fingerprint density at radius 3 is 2.14 bits per heavy atom. The van der Waals surface area contributed by atoms with Crippen LogP contribution in [0.4, 0.5) is 0 Å². The molecule has 1 atom stereocenters. The molecule has 0 spiro atoms. The fraction of sp³-hybridized carbons (Fsp3) is 1.00. The van der Waals surface area contributed by atoms with Gasteiger partial charge < -0.3 is 14.6 Å². The van der Waals surface area contributed by atoms with Gasteiger partial charge in [-0.05, 0) is 19.8 Å². The summed E-state index contributed by atoms with van der Waals surface area (Å²) in [6, 6.07) is 0. The second kappa shape index (κ2) is 7.21. The Balaban J connectivity index is 0.000000791. The van der Waals surface area contributed by atoms with Crippen LogP contribution < -0.4 is 0 Å². The minimum atomic E-state index is -0.392. The van der Waals surface area contributed by atoms with E-state index in [4.69, 9.17) is 14.6 Å². The molecule has 3 nitrogen and oxygen atoms in total. The quantitative estimate of drug-likeness (QED) is 0.764. The first-order chi connectivity index (χ1) is 6.68. The lowest BCUT2D eigenvalue weighted by Crippen LogP contribution is -2.30. The van der Waals surface area contributed by atoms with E-state index in [1.165, 1.54) is 0 Å². The number of rotatable bonds is 4. The number of hydrogen-bond acceptors (Lipinski definition) is 3. The van der Waals surface area contributed by atoms with Crippen LogP contribution in [-0.2, 0) is 9.47 Å². The van der Waals surface area contributed by atoms with Crippen LogP contribution in [0.2, 0.25) is 0 Å². The van der Waals surface area contributed by atoms with Gasteiger partial charge in [-0.25, -0.2) is 0 Å². The molecule has 1 N–H and O–H groups in total. The Bertz CT molecular complexity index is 128. The molecule has 1 fully saturated rings. The zero-order chi connectivity index (χ0) is 11.0. The van der Waals surface area contributed by atoms with Gasteiger partial charge in [-0.2, -0.15) is 0 Å².